The molecule has 1 aromatic carbocycles. The lowest BCUT2D eigenvalue weighted by Gasteiger charge is -2.34. The fourth-order valence-corrected chi connectivity index (χ4v) is 4.13. The number of carbonyl (C=O) groups is 1. The van der Waals surface area contributed by atoms with Gasteiger partial charge in [-0.1, -0.05) is 17.7 Å². The van der Waals surface area contributed by atoms with Crippen LogP contribution in [0.5, 0.6) is 0 Å². The summed E-state index contributed by atoms with van der Waals surface area (Å²) < 4.78 is 133. The fraction of sp³-hybridized carbons (Fsp3) is 0.409. The summed E-state index contributed by atoms with van der Waals surface area (Å²) in [6.07, 6.45) is -17.7. The summed E-state index contributed by atoms with van der Waals surface area (Å²) in [5.41, 5.74) is -8.67. The van der Waals surface area contributed by atoms with Gasteiger partial charge in [0.15, 0.2) is 5.69 Å². The molecule has 18 heteroatoms. The quantitative estimate of drug-likeness (QED) is 0.124. The number of allylic oxidation sites excluding steroid dienone is 1. The second-order valence-corrected chi connectivity index (χ2v) is 8.73. The Labute approximate surface area is 233 Å². The Bertz CT molecular complexity index is 1330. The van der Waals surface area contributed by atoms with Gasteiger partial charge in [-0.3, -0.25) is 14.3 Å². The van der Waals surface area contributed by atoms with Crippen LogP contribution in [0.1, 0.15) is 30.7 Å². The van der Waals surface area contributed by atoms with Crippen LogP contribution < -0.4 is 10.5 Å². The van der Waals surface area contributed by atoms with Crippen LogP contribution in [0.3, 0.4) is 0 Å². The Kier molecular flexibility index (Phi) is 10.3. The maximum atomic E-state index is 13.8. The normalized spacial score (nSPS) is 13.2. The minimum Gasteiger partial charge on any atom is -0.463 e. The number of aromatic nitrogens is 2. The van der Waals surface area contributed by atoms with E-state index in [-0.39, 0.29) is 23.6 Å². The maximum Gasteiger partial charge on any atom is 0.434 e. The zero-order chi connectivity index (χ0) is 30.8. The molecule has 0 fully saturated rings. The molecule has 0 amide bonds. The van der Waals surface area contributed by atoms with E-state index in [2.05, 4.69) is 27.5 Å². The lowest BCUT2D eigenvalue weighted by Crippen LogP contribution is -2.45. The molecule has 1 aromatic heterocycles. The van der Waals surface area contributed by atoms with Gasteiger partial charge in [-0.25, -0.2) is 9.78 Å². The highest BCUT2D eigenvalue weighted by Gasteiger charge is 2.44. The lowest BCUT2D eigenvalue weighted by molar-refractivity contribution is -0.155. The minimum atomic E-state index is -5.51. The van der Waals surface area contributed by atoms with Gasteiger partial charge in [0.1, 0.15) is 4.47 Å². The first kappa shape index (κ1) is 33.4. The van der Waals surface area contributed by atoms with E-state index in [9.17, 15) is 49.1 Å². The molecule has 0 radical (unpaired) electrons. The van der Waals surface area contributed by atoms with E-state index < -0.39 is 87.4 Å². The van der Waals surface area contributed by atoms with Crippen molar-refractivity contribution in [2.45, 2.75) is 45.1 Å². The number of hydrogen-bond donors (Lipinski definition) is 0. The van der Waals surface area contributed by atoms with Crippen molar-refractivity contribution < 1.29 is 53.8 Å². The van der Waals surface area contributed by atoms with Crippen molar-refractivity contribution in [3.8, 4) is 0 Å². The number of carbonyl (C=O) groups excluding carboxylic acids is 1. The van der Waals surface area contributed by atoms with E-state index in [1.165, 1.54) is 13.8 Å². The number of ether oxygens (including phenoxy) is 2. The molecule has 0 saturated heterocycles. The summed E-state index contributed by atoms with van der Waals surface area (Å²) in [6.45, 7) is 4.37. The molecule has 2 rings (SSSR count). The fourth-order valence-electron chi connectivity index (χ4n) is 3.30. The summed E-state index contributed by atoms with van der Waals surface area (Å²) in [5.74, 6) is -2.71. The van der Waals surface area contributed by atoms with Gasteiger partial charge in [0.05, 0.1) is 28.4 Å². The van der Waals surface area contributed by atoms with Crippen molar-refractivity contribution in [1.82, 2.24) is 9.55 Å². The SMILES string of the molecule is C=CCn1c(N(c2cc(C(F)(F)F)cc(C(F)(F)F)c2Cl)C(OCC)C(=O)OCC)nc(C(F)(F)F)c(Br)c1=O. The number of anilines is 2. The van der Waals surface area contributed by atoms with Crippen LogP contribution in [0.2, 0.25) is 5.02 Å². The molecule has 0 saturated carbocycles. The van der Waals surface area contributed by atoms with Crippen LogP contribution >= 0.6 is 27.5 Å². The van der Waals surface area contributed by atoms with Gasteiger partial charge in [-0.15, -0.1) is 6.58 Å². The Morgan fingerprint density at radius 1 is 1.10 bits per heavy atom. The molecule has 1 heterocycles. The number of rotatable bonds is 9. The molecule has 222 valence electrons. The molecule has 0 aliphatic carbocycles. The van der Waals surface area contributed by atoms with Crippen LogP contribution in [0.4, 0.5) is 51.1 Å². The van der Waals surface area contributed by atoms with Gasteiger partial charge in [-0.2, -0.15) is 39.5 Å². The Morgan fingerprint density at radius 3 is 2.15 bits per heavy atom. The van der Waals surface area contributed by atoms with E-state index in [0.29, 0.717) is 4.57 Å². The third-order valence-corrected chi connectivity index (χ3v) is 5.99. The number of hydrogen-bond acceptors (Lipinski definition) is 6. The van der Waals surface area contributed by atoms with Crippen molar-refractivity contribution in [2.24, 2.45) is 0 Å². The van der Waals surface area contributed by atoms with Crippen molar-refractivity contribution in [1.29, 1.82) is 0 Å². The van der Waals surface area contributed by atoms with Crippen molar-refractivity contribution in [3.05, 3.63) is 61.5 Å². The molecule has 1 atom stereocenters. The van der Waals surface area contributed by atoms with Gasteiger partial charge in [-0.05, 0) is 41.9 Å². The smallest absolute Gasteiger partial charge is 0.434 e. The molecular formula is C22H18BrClF9N3O4. The van der Waals surface area contributed by atoms with Crippen LogP contribution in [0, 0.1) is 0 Å². The van der Waals surface area contributed by atoms with Gasteiger partial charge >= 0.3 is 24.5 Å². The largest absolute Gasteiger partial charge is 0.463 e. The molecule has 1 unspecified atom stereocenters. The molecule has 0 aliphatic rings. The number of esters is 1. The third-order valence-electron chi connectivity index (χ3n) is 4.88. The van der Waals surface area contributed by atoms with Crippen LogP contribution in [-0.2, 0) is 39.3 Å². The number of alkyl halides is 9. The lowest BCUT2D eigenvalue weighted by atomic mass is 10.1. The zero-order valence-electron chi connectivity index (χ0n) is 20.3. The molecule has 2 aromatic rings. The second kappa shape index (κ2) is 12.4. The minimum absolute atomic E-state index is 0.0442. The monoisotopic (exact) mass is 673 g/mol. The Hall–Kier alpha value is -2.79. The number of benzene rings is 1. The maximum absolute atomic E-state index is 13.8. The molecule has 0 N–H and O–H groups in total. The van der Waals surface area contributed by atoms with Gasteiger partial charge in [0, 0.05) is 13.2 Å². The van der Waals surface area contributed by atoms with E-state index in [1.807, 2.05) is 0 Å². The predicted molar refractivity (Wildman–Crippen MR) is 127 cm³/mol. The standard InChI is InChI=1S/C22H18BrClF9N3O4/c1-4-7-35-16(37)13(23)15(22(31,32)33)34-19(35)36(17(39-5-2)18(38)40-6-3)12-9-10(20(25,26)27)8-11(14(12)24)21(28,29)30/h4,8-9,17H,1,5-7H2,2-3H3. The summed E-state index contributed by atoms with van der Waals surface area (Å²) in [5, 5.41) is -1.47. The van der Waals surface area contributed by atoms with Crippen molar-refractivity contribution in [3.63, 3.8) is 0 Å². The first-order valence-electron chi connectivity index (χ1n) is 10.8. The predicted octanol–water partition coefficient (Wildman–Crippen LogP) is 6.97. The molecule has 40 heavy (non-hydrogen) atoms. The summed E-state index contributed by atoms with van der Waals surface area (Å²) in [4.78, 5) is 29.2. The molecule has 0 aliphatic heterocycles. The third kappa shape index (κ3) is 7.09. The zero-order valence-corrected chi connectivity index (χ0v) is 22.6. The van der Waals surface area contributed by atoms with E-state index in [0.717, 1.165) is 6.08 Å². The first-order chi connectivity index (χ1) is 18.3. The van der Waals surface area contributed by atoms with Gasteiger partial charge in [0.25, 0.3) is 5.56 Å². The Balaban J connectivity index is 3.25. The van der Waals surface area contributed by atoms with Crippen molar-refractivity contribution in [2.75, 3.05) is 18.1 Å². The highest BCUT2D eigenvalue weighted by molar-refractivity contribution is 9.10. The van der Waals surface area contributed by atoms with Crippen LogP contribution in [0.25, 0.3) is 0 Å². The Morgan fingerprint density at radius 2 is 1.70 bits per heavy atom. The molecule has 7 nitrogen and oxygen atoms in total. The summed E-state index contributed by atoms with van der Waals surface area (Å²) in [6, 6.07) is -0.278. The topological polar surface area (TPSA) is 73.7 Å². The highest BCUT2D eigenvalue weighted by Crippen LogP contribution is 2.46. The van der Waals surface area contributed by atoms with Gasteiger partial charge < -0.3 is 9.47 Å². The first-order valence-corrected chi connectivity index (χ1v) is 12.0. The molecule has 0 spiro atoms. The summed E-state index contributed by atoms with van der Waals surface area (Å²) >= 11 is 8.39. The molecule has 0 bridgehead atoms. The number of halogens is 11. The summed E-state index contributed by atoms with van der Waals surface area (Å²) in [7, 11) is 0. The average molecular weight is 675 g/mol. The van der Waals surface area contributed by atoms with E-state index in [1.54, 1.807) is 0 Å². The molecular weight excluding hydrogens is 657 g/mol. The van der Waals surface area contributed by atoms with Crippen LogP contribution in [0.15, 0.2) is 34.1 Å². The van der Waals surface area contributed by atoms with Crippen LogP contribution in [-0.4, -0.2) is 35.0 Å². The second-order valence-electron chi connectivity index (χ2n) is 7.56. The van der Waals surface area contributed by atoms with Crippen molar-refractivity contribution >= 4 is 45.1 Å². The highest BCUT2D eigenvalue weighted by atomic mass is 79.9. The number of nitrogens with zero attached hydrogens (tertiary/aromatic N) is 3. The van der Waals surface area contributed by atoms with E-state index in [4.69, 9.17) is 21.1 Å². The van der Waals surface area contributed by atoms with E-state index >= 15 is 0 Å². The average Bonchev–Trinajstić information content (AvgIpc) is 2.81. The van der Waals surface area contributed by atoms with Gasteiger partial charge in [0.2, 0.25) is 12.2 Å².